The van der Waals surface area contributed by atoms with Crippen LogP contribution in [0.4, 0.5) is 13.2 Å². The van der Waals surface area contributed by atoms with E-state index in [0.29, 0.717) is 28.1 Å². The molecule has 4 rings (SSSR count). The Balaban J connectivity index is 1.62. The average Bonchev–Trinajstić information content (AvgIpc) is 3.03. The quantitative estimate of drug-likeness (QED) is 0.663. The number of halogens is 3. The summed E-state index contributed by atoms with van der Waals surface area (Å²) in [7, 11) is 0. The van der Waals surface area contributed by atoms with Crippen molar-refractivity contribution in [2.24, 2.45) is 5.92 Å². The van der Waals surface area contributed by atoms with Crippen LogP contribution in [0.3, 0.4) is 0 Å². The number of rotatable bonds is 5. The van der Waals surface area contributed by atoms with Crippen molar-refractivity contribution in [3.05, 3.63) is 48.0 Å². The average molecular weight is 388 g/mol. The molecule has 0 aliphatic carbocycles. The van der Waals surface area contributed by atoms with Crippen molar-refractivity contribution in [3.8, 4) is 11.1 Å². The summed E-state index contributed by atoms with van der Waals surface area (Å²) in [5.41, 5.74) is 1.56. The Morgan fingerprint density at radius 2 is 2.00 bits per heavy atom. The van der Waals surface area contributed by atoms with Crippen LogP contribution in [0.5, 0.6) is 0 Å². The van der Waals surface area contributed by atoms with Crippen LogP contribution < -0.4 is 0 Å². The maximum absolute atomic E-state index is 13.6. The van der Waals surface area contributed by atoms with Gasteiger partial charge in [0.1, 0.15) is 17.9 Å². The van der Waals surface area contributed by atoms with E-state index in [9.17, 15) is 18.0 Å². The van der Waals surface area contributed by atoms with E-state index in [-0.39, 0.29) is 12.5 Å². The molecule has 0 N–H and O–H groups in total. The molecule has 0 unspecified atom stereocenters. The number of carbonyl (C=O) groups is 1. The fraction of sp³-hybridized carbons (Fsp3) is 0.350. The van der Waals surface area contributed by atoms with Gasteiger partial charge in [-0.2, -0.15) is 5.10 Å². The Labute approximate surface area is 159 Å². The number of carbonyl (C=O) groups excluding carboxylic acids is 1. The van der Waals surface area contributed by atoms with Crippen LogP contribution in [0.1, 0.15) is 25.3 Å². The van der Waals surface area contributed by atoms with Gasteiger partial charge in [-0.3, -0.25) is 14.5 Å². The highest BCUT2D eigenvalue weighted by Gasteiger charge is 2.29. The van der Waals surface area contributed by atoms with E-state index in [1.807, 2.05) is 0 Å². The summed E-state index contributed by atoms with van der Waals surface area (Å²) in [5, 5.41) is 4.24. The molecule has 5 nitrogen and oxygen atoms in total. The molecular weight excluding hydrogens is 369 g/mol. The van der Waals surface area contributed by atoms with Gasteiger partial charge in [0.05, 0.1) is 17.3 Å². The van der Waals surface area contributed by atoms with Crippen LogP contribution in [0.2, 0.25) is 0 Å². The van der Waals surface area contributed by atoms with Crippen LogP contribution in [0.15, 0.2) is 36.7 Å². The largest absolute Gasteiger partial charge is 0.340 e. The van der Waals surface area contributed by atoms with Crippen molar-refractivity contribution in [3.63, 3.8) is 0 Å². The minimum Gasteiger partial charge on any atom is -0.340 e. The number of alkyl halides is 2. The predicted octanol–water partition coefficient (Wildman–Crippen LogP) is 4.04. The topological polar surface area (TPSA) is 51.0 Å². The lowest BCUT2D eigenvalue weighted by Gasteiger charge is -2.38. The number of benzene rings is 1. The monoisotopic (exact) mass is 388 g/mol. The Hall–Kier alpha value is -2.90. The second-order valence-electron chi connectivity index (χ2n) is 7.04. The number of nitrogens with zero attached hydrogens (tertiary/aromatic N) is 4. The second-order valence-corrected chi connectivity index (χ2v) is 7.04. The number of hydrogen-bond donors (Lipinski definition) is 0. The molecule has 1 fully saturated rings. The summed E-state index contributed by atoms with van der Waals surface area (Å²) in [5.74, 6) is -0.390. The Morgan fingerprint density at radius 1 is 1.21 bits per heavy atom. The lowest BCUT2D eigenvalue weighted by Crippen LogP contribution is -2.50. The molecule has 2 aromatic heterocycles. The highest BCUT2D eigenvalue weighted by Crippen LogP contribution is 2.29. The van der Waals surface area contributed by atoms with E-state index in [1.165, 1.54) is 12.3 Å². The van der Waals surface area contributed by atoms with E-state index in [2.05, 4.69) is 17.0 Å². The lowest BCUT2D eigenvalue weighted by atomic mass is 9.97. The van der Waals surface area contributed by atoms with E-state index < -0.39 is 17.8 Å². The van der Waals surface area contributed by atoms with Crippen LogP contribution in [0, 0.1) is 11.7 Å². The van der Waals surface area contributed by atoms with E-state index >= 15 is 0 Å². The van der Waals surface area contributed by atoms with Gasteiger partial charge in [-0.25, -0.2) is 13.2 Å². The molecule has 0 radical (unpaired) electrons. The molecule has 3 aromatic rings. The number of amides is 1. The van der Waals surface area contributed by atoms with Crippen molar-refractivity contribution < 1.29 is 18.0 Å². The number of hydrogen-bond acceptors (Lipinski definition) is 3. The van der Waals surface area contributed by atoms with Gasteiger partial charge in [-0.1, -0.05) is 13.0 Å². The van der Waals surface area contributed by atoms with Crippen LogP contribution >= 0.6 is 0 Å². The van der Waals surface area contributed by atoms with Crippen molar-refractivity contribution in [2.75, 3.05) is 13.1 Å². The third kappa shape index (κ3) is 3.34. The summed E-state index contributed by atoms with van der Waals surface area (Å²) in [6, 6.07) is 5.31. The van der Waals surface area contributed by atoms with Crippen LogP contribution in [-0.4, -0.2) is 38.7 Å². The molecular formula is C20H19F3N4O. The van der Waals surface area contributed by atoms with Crippen molar-refractivity contribution in [2.45, 2.75) is 26.3 Å². The highest BCUT2D eigenvalue weighted by atomic mass is 19.3. The summed E-state index contributed by atoms with van der Waals surface area (Å²) in [6.07, 6.45) is 1.25. The van der Waals surface area contributed by atoms with Crippen molar-refractivity contribution in [1.82, 2.24) is 19.7 Å². The van der Waals surface area contributed by atoms with Gasteiger partial charge < -0.3 is 4.90 Å². The molecule has 1 aromatic carbocycles. The molecule has 0 saturated carbocycles. The number of pyridine rings is 1. The molecule has 1 aliphatic rings. The van der Waals surface area contributed by atoms with Crippen LogP contribution in [0.25, 0.3) is 22.2 Å². The number of fused-ring (bicyclic) bond motifs is 1. The zero-order chi connectivity index (χ0) is 19.8. The number of aromatic nitrogens is 3. The highest BCUT2D eigenvalue weighted by molar-refractivity contribution is 5.83. The molecule has 8 heteroatoms. The van der Waals surface area contributed by atoms with Gasteiger partial charge in [-0.05, 0) is 36.1 Å². The van der Waals surface area contributed by atoms with Gasteiger partial charge in [0, 0.05) is 24.8 Å². The Kier molecular flexibility index (Phi) is 4.78. The molecule has 0 spiro atoms. The third-order valence-corrected chi connectivity index (χ3v) is 5.23. The van der Waals surface area contributed by atoms with Gasteiger partial charge in [0.15, 0.2) is 0 Å². The second kappa shape index (κ2) is 7.26. The van der Waals surface area contributed by atoms with Gasteiger partial charge in [0.25, 0.3) is 6.43 Å². The summed E-state index contributed by atoms with van der Waals surface area (Å²) >= 11 is 0. The SMILES string of the molecule is CCC1CN(C(=O)Cn2ncc3ncc(-c4ccc(F)c(C(F)F)c4)cc32)C1. The first-order valence-corrected chi connectivity index (χ1v) is 9.13. The molecule has 1 saturated heterocycles. The fourth-order valence-corrected chi connectivity index (χ4v) is 3.39. The summed E-state index contributed by atoms with van der Waals surface area (Å²) < 4.78 is 41.1. The van der Waals surface area contributed by atoms with E-state index in [0.717, 1.165) is 31.6 Å². The Bertz CT molecular complexity index is 1030. The first kappa shape index (κ1) is 18.5. The van der Waals surface area contributed by atoms with Gasteiger partial charge in [-0.15, -0.1) is 0 Å². The first-order chi connectivity index (χ1) is 13.5. The van der Waals surface area contributed by atoms with Gasteiger partial charge in [0.2, 0.25) is 5.91 Å². The molecule has 0 atom stereocenters. The van der Waals surface area contributed by atoms with E-state index in [4.69, 9.17) is 0 Å². The maximum atomic E-state index is 13.6. The molecule has 1 amide bonds. The van der Waals surface area contributed by atoms with E-state index in [1.54, 1.807) is 21.8 Å². The van der Waals surface area contributed by atoms with Crippen LogP contribution in [-0.2, 0) is 11.3 Å². The minimum absolute atomic E-state index is 0.0122. The maximum Gasteiger partial charge on any atom is 0.266 e. The van der Waals surface area contributed by atoms with Gasteiger partial charge >= 0.3 is 0 Å². The molecule has 0 bridgehead atoms. The fourth-order valence-electron chi connectivity index (χ4n) is 3.39. The zero-order valence-electron chi connectivity index (χ0n) is 15.3. The molecule has 3 heterocycles. The lowest BCUT2D eigenvalue weighted by molar-refractivity contribution is -0.138. The molecule has 1 aliphatic heterocycles. The van der Waals surface area contributed by atoms with Crippen molar-refractivity contribution in [1.29, 1.82) is 0 Å². The zero-order valence-corrected chi connectivity index (χ0v) is 15.3. The predicted molar refractivity (Wildman–Crippen MR) is 98.2 cm³/mol. The first-order valence-electron chi connectivity index (χ1n) is 9.13. The summed E-state index contributed by atoms with van der Waals surface area (Å²) in [4.78, 5) is 18.5. The summed E-state index contributed by atoms with van der Waals surface area (Å²) in [6.45, 7) is 3.74. The standard InChI is InChI=1S/C20H19F3N4O/c1-2-12-9-26(10-12)19(28)11-27-18-6-14(7-24-17(18)8-25-27)13-3-4-16(21)15(5-13)20(22)23/h3-8,12,20H,2,9-11H2,1H3. The van der Waals surface area contributed by atoms with Crippen molar-refractivity contribution >= 4 is 16.9 Å². The minimum atomic E-state index is -2.90. The number of likely N-dealkylation sites (tertiary alicyclic amines) is 1. The third-order valence-electron chi connectivity index (χ3n) is 5.23. The smallest absolute Gasteiger partial charge is 0.266 e. The molecule has 146 valence electrons. The normalized spacial score (nSPS) is 14.7. The Morgan fingerprint density at radius 3 is 2.71 bits per heavy atom. The molecule has 28 heavy (non-hydrogen) atoms.